The van der Waals surface area contributed by atoms with Crippen molar-refractivity contribution in [3.63, 3.8) is 0 Å². The van der Waals surface area contributed by atoms with Crippen LogP contribution in [0.3, 0.4) is 0 Å². The lowest BCUT2D eigenvalue weighted by atomic mass is 10.0. The van der Waals surface area contributed by atoms with Gasteiger partial charge in [0, 0.05) is 24.2 Å². The molecule has 1 aromatic heterocycles. The van der Waals surface area contributed by atoms with E-state index in [1.165, 1.54) is 0 Å². The minimum atomic E-state index is -3.63. The molecule has 0 unspecified atom stereocenters. The molecule has 0 radical (unpaired) electrons. The summed E-state index contributed by atoms with van der Waals surface area (Å²) in [5, 5.41) is 6.83. The molecular formula is C18H21N3O4S. The lowest BCUT2D eigenvalue weighted by Crippen LogP contribution is -2.47. The molecule has 0 spiro atoms. The average molecular weight is 375 g/mol. The predicted molar refractivity (Wildman–Crippen MR) is 94.1 cm³/mol. The number of hydrogen-bond donors (Lipinski definition) is 1. The zero-order valence-electron chi connectivity index (χ0n) is 14.7. The number of carbonyl (C=O) groups is 1. The normalized spacial score (nSPS) is 25.5. The molecule has 2 aromatic rings. The summed E-state index contributed by atoms with van der Waals surface area (Å²) in [5.74, 6) is 0.338. The number of carbonyl (C=O) groups excluding carboxylic acids is 1. The first kappa shape index (κ1) is 17.2. The van der Waals surface area contributed by atoms with Crippen LogP contribution in [-0.4, -0.2) is 42.4 Å². The summed E-state index contributed by atoms with van der Waals surface area (Å²) in [4.78, 5) is 12.5. The number of sulfonamides is 1. The van der Waals surface area contributed by atoms with Gasteiger partial charge in [0.2, 0.25) is 10.0 Å². The van der Waals surface area contributed by atoms with Crippen LogP contribution in [0.25, 0.3) is 0 Å². The molecule has 138 valence electrons. The average Bonchev–Trinajstić information content (AvgIpc) is 3.30. The van der Waals surface area contributed by atoms with Crippen molar-refractivity contribution in [1.29, 1.82) is 0 Å². The maximum atomic E-state index is 13.0. The van der Waals surface area contributed by atoms with Gasteiger partial charge in [0.25, 0.3) is 5.91 Å². The summed E-state index contributed by atoms with van der Waals surface area (Å²) >= 11 is 0. The second-order valence-corrected chi connectivity index (χ2v) is 8.89. The van der Waals surface area contributed by atoms with Crippen LogP contribution in [0.15, 0.2) is 39.8 Å². The van der Waals surface area contributed by atoms with Crippen molar-refractivity contribution in [3.05, 3.63) is 47.3 Å². The predicted octanol–water partition coefficient (Wildman–Crippen LogP) is 1.87. The molecule has 4 rings (SSSR count). The van der Waals surface area contributed by atoms with Gasteiger partial charge in [-0.2, -0.15) is 4.31 Å². The zero-order chi connectivity index (χ0) is 18.5. The molecule has 1 aromatic carbocycles. The van der Waals surface area contributed by atoms with Gasteiger partial charge in [-0.15, -0.1) is 0 Å². The molecule has 8 heteroatoms. The molecule has 2 bridgehead atoms. The number of rotatable bonds is 4. The zero-order valence-corrected chi connectivity index (χ0v) is 15.5. The highest BCUT2D eigenvalue weighted by Crippen LogP contribution is 2.41. The molecule has 1 saturated heterocycles. The highest BCUT2D eigenvalue weighted by molar-refractivity contribution is 7.89. The first-order valence-electron chi connectivity index (χ1n) is 8.68. The second-order valence-electron chi connectivity index (χ2n) is 7.06. The Kier molecular flexibility index (Phi) is 4.11. The molecule has 26 heavy (non-hydrogen) atoms. The van der Waals surface area contributed by atoms with E-state index in [2.05, 4.69) is 10.5 Å². The molecule has 1 aliphatic heterocycles. The fraction of sp³-hybridized carbons (Fsp3) is 0.444. The van der Waals surface area contributed by atoms with E-state index in [-0.39, 0.29) is 28.8 Å². The Balaban J connectivity index is 1.48. The van der Waals surface area contributed by atoms with E-state index in [0.29, 0.717) is 30.0 Å². The molecule has 1 saturated carbocycles. The number of hydrogen-bond acceptors (Lipinski definition) is 5. The monoisotopic (exact) mass is 375 g/mol. The summed E-state index contributed by atoms with van der Waals surface area (Å²) in [7, 11) is -3.63. The lowest BCUT2D eigenvalue weighted by molar-refractivity contribution is 0.0919. The molecule has 1 amide bonds. The third-order valence-corrected chi connectivity index (χ3v) is 7.54. The standard InChI is InChI=1S/C18H21N3O4S/c1-11-17(12(2)25-20-11)26(23,24)21-10-14-8-15(21)9-16(14)19-18(22)13-6-4-3-5-7-13/h3-7,14-16H,8-10H2,1-2H3,(H,19,22)/t14-,15-,16-/m0/s1. The summed E-state index contributed by atoms with van der Waals surface area (Å²) in [5.41, 5.74) is 1.01. The van der Waals surface area contributed by atoms with Crippen LogP contribution in [0.4, 0.5) is 0 Å². The van der Waals surface area contributed by atoms with E-state index in [0.717, 1.165) is 6.42 Å². The molecular weight excluding hydrogens is 354 g/mol. The van der Waals surface area contributed by atoms with Crippen molar-refractivity contribution in [3.8, 4) is 0 Å². The van der Waals surface area contributed by atoms with Crippen LogP contribution in [-0.2, 0) is 10.0 Å². The molecule has 1 aliphatic carbocycles. The van der Waals surface area contributed by atoms with Crippen LogP contribution in [0.2, 0.25) is 0 Å². The maximum absolute atomic E-state index is 13.0. The smallest absolute Gasteiger partial charge is 0.251 e. The Labute approximate surface area is 152 Å². The largest absolute Gasteiger partial charge is 0.360 e. The number of nitrogens with zero attached hydrogens (tertiary/aromatic N) is 2. The Morgan fingerprint density at radius 3 is 2.54 bits per heavy atom. The van der Waals surface area contributed by atoms with Gasteiger partial charge >= 0.3 is 0 Å². The second kappa shape index (κ2) is 6.21. The van der Waals surface area contributed by atoms with Gasteiger partial charge in [0.1, 0.15) is 10.6 Å². The van der Waals surface area contributed by atoms with Crippen molar-refractivity contribution in [1.82, 2.24) is 14.8 Å². The van der Waals surface area contributed by atoms with Crippen LogP contribution < -0.4 is 5.32 Å². The number of aryl methyl sites for hydroxylation is 2. The number of benzene rings is 1. The van der Waals surface area contributed by atoms with Gasteiger partial charge in [-0.1, -0.05) is 23.4 Å². The first-order chi connectivity index (χ1) is 12.4. The molecule has 2 aliphatic rings. The number of amides is 1. The van der Waals surface area contributed by atoms with E-state index in [1.54, 1.807) is 30.3 Å². The first-order valence-corrected chi connectivity index (χ1v) is 10.1. The summed E-state index contributed by atoms with van der Waals surface area (Å²) < 4.78 is 32.6. The van der Waals surface area contributed by atoms with E-state index < -0.39 is 10.0 Å². The van der Waals surface area contributed by atoms with E-state index >= 15 is 0 Å². The number of nitrogens with one attached hydrogen (secondary N) is 1. The summed E-state index contributed by atoms with van der Waals surface area (Å²) in [6, 6.07) is 8.98. The van der Waals surface area contributed by atoms with Crippen molar-refractivity contribution in [2.45, 2.75) is 43.7 Å². The number of aromatic nitrogens is 1. The topological polar surface area (TPSA) is 92.5 Å². The van der Waals surface area contributed by atoms with Gasteiger partial charge in [0.05, 0.1) is 0 Å². The Bertz CT molecular complexity index is 919. The molecule has 1 N–H and O–H groups in total. The minimum Gasteiger partial charge on any atom is -0.360 e. The highest BCUT2D eigenvalue weighted by atomic mass is 32.2. The van der Waals surface area contributed by atoms with Crippen molar-refractivity contribution >= 4 is 15.9 Å². The van der Waals surface area contributed by atoms with Gasteiger partial charge in [0.15, 0.2) is 5.76 Å². The Morgan fingerprint density at radius 1 is 1.23 bits per heavy atom. The summed E-state index contributed by atoms with van der Waals surface area (Å²) in [6.45, 7) is 3.67. The van der Waals surface area contributed by atoms with Crippen molar-refractivity contribution in [2.24, 2.45) is 5.92 Å². The van der Waals surface area contributed by atoms with Gasteiger partial charge in [-0.3, -0.25) is 4.79 Å². The molecule has 2 heterocycles. The third-order valence-electron chi connectivity index (χ3n) is 5.38. The van der Waals surface area contributed by atoms with E-state index in [9.17, 15) is 13.2 Å². The summed E-state index contributed by atoms with van der Waals surface area (Å²) in [6.07, 6.45) is 1.40. The van der Waals surface area contributed by atoms with Gasteiger partial charge < -0.3 is 9.84 Å². The quantitative estimate of drug-likeness (QED) is 0.881. The minimum absolute atomic E-state index is 0.00354. The fourth-order valence-electron chi connectivity index (χ4n) is 4.19. The molecule has 7 nitrogen and oxygen atoms in total. The Hall–Kier alpha value is -2.19. The highest BCUT2D eigenvalue weighted by Gasteiger charge is 2.50. The molecule has 3 atom stereocenters. The molecule has 2 fully saturated rings. The lowest BCUT2D eigenvalue weighted by Gasteiger charge is -2.31. The SMILES string of the molecule is Cc1noc(C)c1S(=O)(=O)N1C[C@@H]2C[C@H]1C[C@@H]2NC(=O)c1ccccc1. The van der Waals surface area contributed by atoms with E-state index in [1.807, 2.05) is 18.2 Å². The maximum Gasteiger partial charge on any atom is 0.251 e. The van der Waals surface area contributed by atoms with Crippen LogP contribution in [0.1, 0.15) is 34.7 Å². The fourth-order valence-corrected chi connectivity index (χ4v) is 6.18. The van der Waals surface area contributed by atoms with Crippen molar-refractivity contribution in [2.75, 3.05) is 6.54 Å². The van der Waals surface area contributed by atoms with Crippen LogP contribution in [0.5, 0.6) is 0 Å². The van der Waals surface area contributed by atoms with Crippen LogP contribution >= 0.6 is 0 Å². The van der Waals surface area contributed by atoms with Crippen LogP contribution in [0, 0.1) is 19.8 Å². The van der Waals surface area contributed by atoms with Gasteiger partial charge in [-0.05, 0) is 44.7 Å². The number of fused-ring (bicyclic) bond motifs is 2. The third kappa shape index (κ3) is 2.73. The van der Waals surface area contributed by atoms with E-state index in [4.69, 9.17) is 4.52 Å². The van der Waals surface area contributed by atoms with Gasteiger partial charge in [-0.25, -0.2) is 8.42 Å². The number of piperidine rings is 1. The van der Waals surface area contributed by atoms with Crippen molar-refractivity contribution < 1.29 is 17.7 Å². The Morgan fingerprint density at radius 2 is 1.96 bits per heavy atom.